The summed E-state index contributed by atoms with van der Waals surface area (Å²) in [5.74, 6) is -2.14. The second kappa shape index (κ2) is 8.39. The van der Waals surface area contributed by atoms with E-state index < -0.39 is 26.8 Å². The van der Waals surface area contributed by atoms with Gasteiger partial charge in [-0.05, 0) is 42.8 Å². The third kappa shape index (κ3) is 4.04. The zero-order valence-corrected chi connectivity index (χ0v) is 18.0. The first-order valence-electron chi connectivity index (χ1n) is 9.89. The third-order valence-electron chi connectivity index (χ3n) is 5.24. The zero-order valence-electron chi connectivity index (χ0n) is 17.2. The summed E-state index contributed by atoms with van der Waals surface area (Å²) in [5.41, 5.74) is 2.45. The molecule has 0 bridgehead atoms. The number of nitrogens with one attached hydrogen (secondary N) is 2. The smallest absolute Gasteiger partial charge is 0.251 e. The summed E-state index contributed by atoms with van der Waals surface area (Å²) in [7, 11) is -4.21. The Morgan fingerprint density at radius 2 is 1.66 bits per heavy atom. The highest BCUT2D eigenvalue weighted by Gasteiger charge is 2.44. The van der Waals surface area contributed by atoms with E-state index in [1.807, 2.05) is 31.2 Å². The number of anilines is 1. The van der Waals surface area contributed by atoms with Gasteiger partial charge in [0.25, 0.3) is 11.8 Å². The van der Waals surface area contributed by atoms with Crippen LogP contribution in [-0.4, -0.2) is 31.3 Å². The van der Waals surface area contributed by atoms with Crippen LogP contribution < -0.4 is 10.6 Å². The molecule has 0 aliphatic carbocycles. The highest BCUT2D eigenvalue weighted by atomic mass is 32.2. The Kier molecular flexibility index (Phi) is 5.63. The minimum atomic E-state index is -4.21. The van der Waals surface area contributed by atoms with Crippen molar-refractivity contribution < 1.29 is 22.8 Å². The van der Waals surface area contributed by atoms with Crippen LogP contribution >= 0.6 is 0 Å². The van der Waals surface area contributed by atoms with E-state index >= 15 is 0 Å². The van der Waals surface area contributed by atoms with Crippen molar-refractivity contribution in [2.24, 2.45) is 0 Å². The summed E-state index contributed by atoms with van der Waals surface area (Å²) in [4.78, 5) is 38.0. The van der Waals surface area contributed by atoms with E-state index in [1.165, 1.54) is 42.5 Å². The molecule has 0 saturated heterocycles. The molecular weight excluding hydrogens is 428 g/mol. The maximum atomic E-state index is 12.9. The van der Waals surface area contributed by atoms with Crippen LogP contribution in [0.4, 0.5) is 5.69 Å². The van der Waals surface area contributed by atoms with Crippen LogP contribution in [0.2, 0.25) is 0 Å². The molecule has 1 atom stereocenters. The highest BCUT2D eigenvalue weighted by Crippen LogP contribution is 2.29. The number of ketones is 1. The normalized spacial score (nSPS) is 15.6. The molecule has 1 heterocycles. The molecule has 0 aromatic heterocycles. The standard InChI is InChI=1S/C24H20N2O5S/c1-15-7-9-16(10-8-15)14-25-23(28)17-11-12-19-20(13-17)26-24(29)22(21(19)27)32(30,31)18-5-3-2-4-6-18/h2-13,22H,14H2,1H3,(H,25,28)(H,26,29). The predicted molar refractivity (Wildman–Crippen MR) is 119 cm³/mol. The first-order chi connectivity index (χ1) is 15.3. The minimum absolute atomic E-state index is 0.0455. The van der Waals surface area contributed by atoms with Gasteiger partial charge in [0.15, 0.2) is 15.6 Å². The fraction of sp³-hybridized carbons (Fsp3) is 0.125. The molecule has 0 spiro atoms. The fourth-order valence-electron chi connectivity index (χ4n) is 3.48. The van der Waals surface area contributed by atoms with Crippen molar-refractivity contribution in [3.8, 4) is 0 Å². The van der Waals surface area contributed by atoms with Gasteiger partial charge in [0.2, 0.25) is 5.25 Å². The summed E-state index contributed by atoms with van der Waals surface area (Å²) in [6, 6.07) is 19.3. The van der Waals surface area contributed by atoms with Gasteiger partial charge in [-0.25, -0.2) is 8.42 Å². The van der Waals surface area contributed by atoms with Gasteiger partial charge in [0.1, 0.15) is 0 Å². The van der Waals surface area contributed by atoms with Crippen LogP contribution in [0, 0.1) is 6.92 Å². The Bertz CT molecular complexity index is 1320. The van der Waals surface area contributed by atoms with E-state index in [4.69, 9.17) is 0 Å². The van der Waals surface area contributed by atoms with E-state index in [9.17, 15) is 22.8 Å². The lowest BCUT2D eigenvalue weighted by Crippen LogP contribution is -2.45. The molecule has 0 saturated carbocycles. The Labute approximate surface area is 185 Å². The molecular formula is C24H20N2O5S. The molecule has 2 amide bonds. The first-order valence-corrected chi connectivity index (χ1v) is 11.4. The number of aryl methyl sites for hydroxylation is 1. The molecule has 162 valence electrons. The number of benzene rings is 3. The summed E-state index contributed by atoms with van der Waals surface area (Å²) >= 11 is 0. The van der Waals surface area contributed by atoms with Crippen LogP contribution in [0.5, 0.6) is 0 Å². The summed E-state index contributed by atoms with van der Waals surface area (Å²) in [6.07, 6.45) is 0. The maximum absolute atomic E-state index is 12.9. The first kappa shape index (κ1) is 21.5. The number of hydrogen-bond acceptors (Lipinski definition) is 5. The average Bonchev–Trinajstić information content (AvgIpc) is 2.78. The van der Waals surface area contributed by atoms with Crippen LogP contribution in [0.1, 0.15) is 31.8 Å². The zero-order chi connectivity index (χ0) is 22.9. The summed E-state index contributed by atoms with van der Waals surface area (Å²) in [6.45, 7) is 2.29. The van der Waals surface area contributed by atoms with Crippen molar-refractivity contribution in [1.29, 1.82) is 0 Å². The maximum Gasteiger partial charge on any atom is 0.251 e. The quantitative estimate of drug-likeness (QED) is 0.584. The van der Waals surface area contributed by atoms with E-state index in [1.54, 1.807) is 6.07 Å². The summed E-state index contributed by atoms with van der Waals surface area (Å²) < 4.78 is 25.8. The molecule has 2 N–H and O–H groups in total. The minimum Gasteiger partial charge on any atom is -0.348 e. The molecule has 7 nitrogen and oxygen atoms in total. The summed E-state index contributed by atoms with van der Waals surface area (Å²) in [5, 5.41) is 3.38. The molecule has 8 heteroatoms. The second-order valence-corrected chi connectivity index (χ2v) is 9.55. The number of rotatable bonds is 5. The Balaban J connectivity index is 1.56. The molecule has 1 aliphatic rings. The van der Waals surface area contributed by atoms with Crippen LogP contribution in [0.15, 0.2) is 77.7 Å². The molecule has 4 rings (SSSR count). The van der Waals surface area contributed by atoms with Crippen LogP contribution in [0.25, 0.3) is 0 Å². The van der Waals surface area contributed by atoms with Crippen molar-refractivity contribution >= 4 is 33.1 Å². The number of carbonyl (C=O) groups excluding carboxylic acids is 3. The number of Topliss-reactive ketones (excluding diaryl/α,β-unsaturated/α-hetero) is 1. The molecule has 32 heavy (non-hydrogen) atoms. The van der Waals surface area contributed by atoms with Gasteiger partial charge in [-0.15, -0.1) is 0 Å². The molecule has 0 radical (unpaired) electrons. The molecule has 1 unspecified atom stereocenters. The Morgan fingerprint density at radius 3 is 2.34 bits per heavy atom. The lowest BCUT2D eigenvalue weighted by atomic mass is 9.99. The van der Waals surface area contributed by atoms with Crippen molar-refractivity contribution in [3.63, 3.8) is 0 Å². The van der Waals surface area contributed by atoms with Gasteiger partial charge in [-0.2, -0.15) is 0 Å². The second-order valence-electron chi connectivity index (χ2n) is 7.52. The van der Waals surface area contributed by atoms with Crippen molar-refractivity contribution in [2.45, 2.75) is 23.6 Å². The van der Waals surface area contributed by atoms with Crippen molar-refractivity contribution in [3.05, 3.63) is 95.1 Å². The topological polar surface area (TPSA) is 109 Å². The highest BCUT2D eigenvalue weighted by molar-refractivity contribution is 7.93. The van der Waals surface area contributed by atoms with E-state index in [0.717, 1.165) is 11.1 Å². The number of sulfone groups is 1. The van der Waals surface area contributed by atoms with Crippen LogP contribution in [-0.2, 0) is 21.2 Å². The molecule has 3 aromatic carbocycles. The number of carbonyl (C=O) groups is 3. The van der Waals surface area contributed by atoms with E-state index in [2.05, 4.69) is 10.6 Å². The van der Waals surface area contributed by atoms with E-state index in [-0.39, 0.29) is 27.6 Å². The van der Waals surface area contributed by atoms with Gasteiger partial charge in [-0.1, -0.05) is 48.0 Å². The van der Waals surface area contributed by atoms with Crippen LogP contribution in [0.3, 0.4) is 0 Å². The fourth-order valence-corrected chi connectivity index (χ4v) is 5.04. The van der Waals surface area contributed by atoms with Gasteiger partial charge >= 0.3 is 0 Å². The molecule has 3 aromatic rings. The van der Waals surface area contributed by atoms with Gasteiger partial charge < -0.3 is 10.6 Å². The third-order valence-corrected chi connectivity index (χ3v) is 7.22. The lowest BCUT2D eigenvalue weighted by Gasteiger charge is -2.24. The van der Waals surface area contributed by atoms with Gasteiger partial charge in [0.05, 0.1) is 10.6 Å². The van der Waals surface area contributed by atoms with Crippen molar-refractivity contribution in [2.75, 3.05) is 5.32 Å². The van der Waals surface area contributed by atoms with Crippen molar-refractivity contribution in [1.82, 2.24) is 5.32 Å². The lowest BCUT2D eigenvalue weighted by molar-refractivity contribution is -0.115. The predicted octanol–water partition coefficient (Wildman–Crippen LogP) is 2.90. The Hall–Kier alpha value is -3.78. The molecule has 0 fully saturated rings. The largest absolute Gasteiger partial charge is 0.348 e. The number of amides is 2. The van der Waals surface area contributed by atoms with Gasteiger partial charge in [0, 0.05) is 17.7 Å². The molecule has 1 aliphatic heterocycles. The van der Waals surface area contributed by atoms with E-state index in [0.29, 0.717) is 6.54 Å². The number of hydrogen-bond donors (Lipinski definition) is 2. The average molecular weight is 449 g/mol. The monoisotopic (exact) mass is 448 g/mol. The number of fused-ring (bicyclic) bond motifs is 1. The Morgan fingerprint density at radius 1 is 0.969 bits per heavy atom. The van der Waals surface area contributed by atoms with Gasteiger partial charge in [-0.3, -0.25) is 14.4 Å². The SMILES string of the molecule is Cc1ccc(CNC(=O)c2ccc3c(c2)NC(=O)C(S(=O)(=O)c2ccccc2)C3=O)cc1.